The summed E-state index contributed by atoms with van der Waals surface area (Å²) in [5.41, 5.74) is -0.508. The zero-order valence-electron chi connectivity index (χ0n) is 10.1. The van der Waals surface area contributed by atoms with Gasteiger partial charge in [0.1, 0.15) is 0 Å². The van der Waals surface area contributed by atoms with Crippen LogP contribution in [0.2, 0.25) is 0 Å². The average molecular weight is 225 g/mol. The van der Waals surface area contributed by atoms with Crippen LogP contribution in [0.4, 0.5) is 0 Å². The minimum atomic E-state index is -0.508. The fourth-order valence-electron chi connectivity index (χ4n) is 1.26. The summed E-state index contributed by atoms with van der Waals surface area (Å²) in [6.45, 7) is 4.25. The number of rotatable bonds is 5. The number of hydrogen-bond acceptors (Lipinski definition) is 3. The summed E-state index contributed by atoms with van der Waals surface area (Å²) in [5.74, 6) is 0.0211. The Balaban J connectivity index is 2.46. The molecule has 5 heteroatoms. The number of aryl methyl sites for hydroxylation is 1. The lowest BCUT2D eigenvalue weighted by atomic mass is 10.0. The number of imidazole rings is 1. The Bertz CT molecular complexity index is 333. The second-order valence-corrected chi connectivity index (χ2v) is 4.47. The molecule has 90 valence electrons. The summed E-state index contributed by atoms with van der Waals surface area (Å²) in [6, 6.07) is 0. The number of amides is 1. The molecule has 0 aromatic carbocycles. The van der Waals surface area contributed by atoms with Crippen molar-refractivity contribution in [2.24, 2.45) is 0 Å². The van der Waals surface area contributed by atoms with E-state index in [0.717, 1.165) is 0 Å². The molecule has 16 heavy (non-hydrogen) atoms. The van der Waals surface area contributed by atoms with E-state index < -0.39 is 5.54 Å². The number of likely N-dealkylation sites (N-methyl/N-ethyl adjacent to an activating group) is 1. The van der Waals surface area contributed by atoms with Gasteiger partial charge in [-0.05, 0) is 13.8 Å². The second kappa shape index (κ2) is 5.12. The molecule has 0 unspecified atom stereocenters. The number of carbonyl (C=O) groups is 1. The van der Waals surface area contributed by atoms with E-state index in [1.807, 2.05) is 24.6 Å². The van der Waals surface area contributed by atoms with Crippen molar-refractivity contribution in [3.63, 3.8) is 0 Å². The van der Waals surface area contributed by atoms with Crippen molar-refractivity contribution in [2.45, 2.75) is 32.4 Å². The molecule has 0 radical (unpaired) electrons. The maximum absolute atomic E-state index is 11.8. The van der Waals surface area contributed by atoms with Gasteiger partial charge in [0.15, 0.2) is 0 Å². The second-order valence-electron chi connectivity index (χ2n) is 4.47. The maximum Gasteiger partial charge on any atom is 0.224 e. The number of aliphatic hydroxyl groups excluding tert-OH is 1. The van der Waals surface area contributed by atoms with Gasteiger partial charge in [-0.15, -0.1) is 0 Å². The molecule has 1 amide bonds. The highest BCUT2D eigenvalue weighted by Crippen LogP contribution is 2.12. The Morgan fingerprint density at radius 1 is 1.56 bits per heavy atom. The van der Waals surface area contributed by atoms with E-state index in [0.29, 0.717) is 13.0 Å². The van der Waals surface area contributed by atoms with Gasteiger partial charge >= 0.3 is 0 Å². The van der Waals surface area contributed by atoms with Crippen LogP contribution in [0.3, 0.4) is 0 Å². The van der Waals surface area contributed by atoms with Crippen LogP contribution in [0.1, 0.15) is 20.3 Å². The first-order valence-electron chi connectivity index (χ1n) is 5.30. The third kappa shape index (κ3) is 3.06. The Hall–Kier alpha value is -1.36. The Labute approximate surface area is 95.7 Å². The van der Waals surface area contributed by atoms with Gasteiger partial charge in [0.05, 0.1) is 18.5 Å². The van der Waals surface area contributed by atoms with Gasteiger partial charge in [-0.3, -0.25) is 4.79 Å². The Morgan fingerprint density at radius 2 is 2.25 bits per heavy atom. The smallest absolute Gasteiger partial charge is 0.224 e. The number of hydrogen-bond donors (Lipinski definition) is 1. The van der Waals surface area contributed by atoms with E-state index in [1.165, 1.54) is 0 Å². The molecule has 0 aliphatic heterocycles. The number of aliphatic hydroxyl groups is 1. The van der Waals surface area contributed by atoms with Crippen LogP contribution in [0.5, 0.6) is 0 Å². The van der Waals surface area contributed by atoms with Gasteiger partial charge in [-0.2, -0.15) is 0 Å². The van der Waals surface area contributed by atoms with Crippen LogP contribution in [0.15, 0.2) is 18.7 Å². The van der Waals surface area contributed by atoms with Crippen molar-refractivity contribution in [3.05, 3.63) is 18.7 Å². The van der Waals surface area contributed by atoms with Crippen molar-refractivity contribution < 1.29 is 9.90 Å². The number of carbonyl (C=O) groups excluding carboxylic acids is 1. The van der Waals surface area contributed by atoms with Crippen LogP contribution >= 0.6 is 0 Å². The minimum absolute atomic E-state index is 0.0211. The normalized spacial score (nSPS) is 11.5. The molecule has 5 nitrogen and oxygen atoms in total. The molecule has 0 fully saturated rings. The van der Waals surface area contributed by atoms with Gasteiger partial charge in [0.2, 0.25) is 5.91 Å². The minimum Gasteiger partial charge on any atom is -0.394 e. The van der Waals surface area contributed by atoms with Crippen LogP contribution in [-0.2, 0) is 11.3 Å². The number of aromatic nitrogens is 2. The van der Waals surface area contributed by atoms with E-state index in [2.05, 4.69) is 4.98 Å². The lowest BCUT2D eigenvalue weighted by Crippen LogP contribution is -2.47. The highest BCUT2D eigenvalue weighted by atomic mass is 16.3. The lowest BCUT2D eigenvalue weighted by Gasteiger charge is -2.34. The predicted molar refractivity (Wildman–Crippen MR) is 60.8 cm³/mol. The van der Waals surface area contributed by atoms with E-state index in [-0.39, 0.29) is 12.5 Å². The third-order valence-electron chi connectivity index (χ3n) is 2.81. The van der Waals surface area contributed by atoms with E-state index in [4.69, 9.17) is 5.11 Å². The molecule has 0 aliphatic rings. The summed E-state index contributed by atoms with van der Waals surface area (Å²) in [6.07, 6.45) is 5.61. The summed E-state index contributed by atoms with van der Waals surface area (Å²) in [4.78, 5) is 17.3. The SMILES string of the molecule is CN(C(=O)CCn1ccnc1)C(C)(C)CO. The molecule has 1 aromatic heterocycles. The summed E-state index contributed by atoms with van der Waals surface area (Å²) >= 11 is 0. The highest BCUT2D eigenvalue weighted by molar-refractivity contribution is 5.76. The first-order valence-corrected chi connectivity index (χ1v) is 5.30. The maximum atomic E-state index is 11.8. The largest absolute Gasteiger partial charge is 0.394 e. The third-order valence-corrected chi connectivity index (χ3v) is 2.81. The fraction of sp³-hybridized carbons (Fsp3) is 0.636. The molecule has 1 aromatic rings. The summed E-state index contributed by atoms with van der Waals surface area (Å²) in [5, 5.41) is 9.16. The quantitative estimate of drug-likeness (QED) is 0.794. The van der Waals surface area contributed by atoms with E-state index in [1.54, 1.807) is 24.5 Å². The standard InChI is InChI=1S/C11H19N3O2/c1-11(2,8-15)13(3)10(16)4-6-14-7-5-12-9-14/h5,7,9,15H,4,6,8H2,1-3H3. The molecular formula is C11H19N3O2. The molecule has 1 rings (SSSR count). The first kappa shape index (κ1) is 12.7. The fourth-order valence-corrected chi connectivity index (χ4v) is 1.26. The molecule has 0 saturated carbocycles. The summed E-state index contributed by atoms with van der Waals surface area (Å²) < 4.78 is 1.86. The first-order chi connectivity index (χ1) is 7.47. The molecule has 0 spiro atoms. The van der Waals surface area contributed by atoms with Crippen LogP contribution < -0.4 is 0 Å². The van der Waals surface area contributed by atoms with Gasteiger partial charge < -0.3 is 14.6 Å². The van der Waals surface area contributed by atoms with Gasteiger partial charge in [0, 0.05) is 32.4 Å². The molecule has 0 bridgehead atoms. The molecular weight excluding hydrogens is 206 g/mol. The molecule has 0 saturated heterocycles. The van der Waals surface area contributed by atoms with E-state index in [9.17, 15) is 4.79 Å². The van der Waals surface area contributed by atoms with Crippen molar-refractivity contribution in [1.29, 1.82) is 0 Å². The highest BCUT2D eigenvalue weighted by Gasteiger charge is 2.26. The average Bonchev–Trinajstić information content (AvgIpc) is 2.77. The lowest BCUT2D eigenvalue weighted by molar-refractivity contribution is -0.136. The summed E-state index contributed by atoms with van der Waals surface area (Å²) in [7, 11) is 1.71. The Kier molecular flexibility index (Phi) is 4.06. The molecule has 0 aliphatic carbocycles. The van der Waals surface area contributed by atoms with Crippen LogP contribution in [0, 0.1) is 0 Å². The zero-order valence-corrected chi connectivity index (χ0v) is 10.1. The number of nitrogens with zero attached hydrogens (tertiary/aromatic N) is 3. The van der Waals surface area contributed by atoms with Crippen molar-refractivity contribution in [1.82, 2.24) is 14.5 Å². The predicted octanol–water partition coefficient (Wildman–Crippen LogP) is 0.502. The zero-order chi connectivity index (χ0) is 12.2. The van der Waals surface area contributed by atoms with E-state index >= 15 is 0 Å². The van der Waals surface area contributed by atoms with Crippen molar-refractivity contribution in [3.8, 4) is 0 Å². The van der Waals surface area contributed by atoms with Crippen molar-refractivity contribution >= 4 is 5.91 Å². The van der Waals surface area contributed by atoms with Gasteiger partial charge in [-0.25, -0.2) is 4.98 Å². The monoisotopic (exact) mass is 225 g/mol. The van der Waals surface area contributed by atoms with Gasteiger partial charge in [0.25, 0.3) is 0 Å². The molecule has 1 heterocycles. The van der Waals surface area contributed by atoms with Crippen LogP contribution in [0.25, 0.3) is 0 Å². The molecule has 0 atom stereocenters. The topological polar surface area (TPSA) is 58.4 Å². The van der Waals surface area contributed by atoms with Crippen LogP contribution in [-0.4, -0.2) is 44.7 Å². The Morgan fingerprint density at radius 3 is 2.75 bits per heavy atom. The van der Waals surface area contributed by atoms with Gasteiger partial charge in [-0.1, -0.05) is 0 Å². The molecule has 1 N–H and O–H groups in total. The van der Waals surface area contributed by atoms with Crippen molar-refractivity contribution in [2.75, 3.05) is 13.7 Å².